The summed E-state index contributed by atoms with van der Waals surface area (Å²) in [6, 6.07) is 5.73. The lowest BCUT2D eigenvalue weighted by Gasteiger charge is -2.32. The van der Waals surface area contributed by atoms with Crippen LogP contribution in [0.3, 0.4) is 0 Å². The highest BCUT2D eigenvalue weighted by atomic mass is 32.2. The van der Waals surface area contributed by atoms with Crippen molar-refractivity contribution in [3.63, 3.8) is 0 Å². The van der Waals surface area contributed by atoms with Crippen LogP contribution in [0.4, 0.5) is 4.39 Å². The fourth-order valence-corrected chi connectivity index (χ4v) is 4.18. The van der Waals surface area contributed by atoms with Gasteiger partial charge >= 0.3 is 0 Å². The minimum absolute atomic E-state index is 0.00381. The van der Waals surface area contributed by atoms with E-state index in [4.69, 9.17) is 0 Å². The van der Waals surface area contributed by atoms with Gasteiger partial charge in [-0.15, -0.1) is 0 Å². The number of halogens is 1. The zero-order chi connectivity index (χ0) is 16.9. The zero-order valence-corrected chi connectivity index (χ0v) is 14.1. The average molecular weight is 342 g/mol. The Morgan fingerprint density at radius 1 is 1.26 bits per heavy atom. The van der Waals surface area contributed by atoms with Gasteiger partial charge in [0, 0.05) is 19.1 Å². The van der Waals surface area contributed by atoms with Crippen molar-refractivity contribution < 1.29 is 17.6 Å². The number of nitrogens with one attached hydrogen (secondary N) is 1. The third-order valence-corrected chi connectivity index (χ3v) is 5.48. The first-order valence-corrected chi connectivity index (χ1v) is 9.74. The lowest BCUT2D eigenvalue weighted by atomic mass is 9.95. The molecule has 7 heteroatoms. The molecule has 0 bridgehead atoms. The second kappa shape index (κ2) is 7.88. The Kier molecular flexibility index (Phi) is 6.12. The van der Waals surface area contributed by atoms with E-state index in [-0.39, 0.29) is 24.7 Å². The van der Waals surface area contributed by atoms with Crippen LogP contribution >= 0.6 is 0 Å². The van der Waals surface area contributed by atoms with E-state index in [0.29, 0.717) is 0 Å². The smallest absolute Gasteiger partial charge is 0.254 e. The first-order valence-electron chi connectivity index (χ1n) is 7.89. The van der Waals surface area contributed by atoms with Crippen LogP contribution in [0.1, 0.15) is 42.5 Å². The van der Waals surface area contributed by atoms with Gasteiger partial charge < -0.3 is 5.32 Å². The summed E-state index contributed by atoms with van der Waals surface area (Å²) < 4.78 is 39.0. The average Bonchev–Trinajstić information content (AvgIpc) is 2.51. The van der Waals surface area contributed by atoms with Crippen molar-refractivity contribution in [3.8, 4) is 0 Å². The maximum absolute atomic E-state index is 13.5. The zero-order valence-electron chi connectivity index (χ0n) is 13.3. The quantitative estimate of drug-likeness (QED) is 0.861. The van der Waals surface area contributed by atoms with Gasteiger partial charge in [-0.25, -0.2) is 12.8 Å². The molecule has 1 fully saturated rings. The number of sulfonamides is 1. The summed E-state index contributed by atoms with van der Waals surface area (Å²) >= 11 is 0. The van der Waals surface area contributed by atoms with E-state index in [2.05, 4.69) is 5.32 Å². The molecule has 0 radical (unpaired) electrons. The predicted octanol–water partition coefficient (Wildman–Crippen LogP) is 2.15. The number of hydrogen-bond donors (Lipinski definition) is 1. The van der Waals surface area contributed by atoms with Crippen molar-refractivity contribution in [3.05, 3.63) is 35.6 Å². The minimum Gasteiger partial charge on any atom is -0.351 e. The van der Waals surface area contributed by atoms with Crippen LogP contribution in [0.2, 0.25) is 0 Å². The molecule has 1 N–H and O–H groups in total. The topological polar surface area (TPSA) is 66.5 Å². The SMILES string of the molecule is CS(=O)(=O)N(CCNC(=O)c1ccccc1F)C1CCCCC1. The van der Waals surface area contributed by atoms with E-state index in [1.807, 2.05) is 0 Å². The van der Waals surface area contributed by atoms with Crippen molar-refractivity contribution in [2.75, 3.05) is 19.3 Å². The summed E-state index contributed by atoms with van der Waals surface area (Å²) in [7, 11) is -3.33. The van der Waals surface area contributed by atoms with Crippen molar-refractivity contribution >= 4 is 15.9 Å². The Morgan fingerprint density at radius 3 is 2.52 bits per heavy atom. The Morgan fingerprint density at radius 2 is 1.91 bits per heavy atom. The van der Waals surface area contributed by atoms with Gasteiger partial charge in [0.05, 0.1) is 11.8 Å². The van der Waals surface area contributed by atoms with E-state index >= 15 is 0 Å². The Bertz CT molecular complexity index is 642. The molecule has 0 atom stereocenters. The van der Waals surface area contributed by atoms with E-state index in [9.17, 15) is 17.6 Å². The molecule has 1 aliphatic carbocycles. The second-order valence-electron chi connectivity index (χ2n) is 5.90. The Hall–Kier alpha value is -1.47. The van der Waals surface area contributed by atoms with Gasteiger partial charge in [-0.1, -0.05) is 31.4 Å². The fraction of sp³-hybridized carbons (Fsp3) is 0.562. The molecule has 5 nitrogen and oxygen atoms in total. The van der Waals surface area contributed by atoms with Gasteiger partial charge in [0.15, 0.2) is 0 Å². The summed E-state index contributed by atoms with van der Waals surface area (Å²) in [5.41, 5.74) is -0.0314. The van der Waals surface area contributed by atoms with E-state index in [1.54, 1.807) is 6.07 Å². The molecule has 128 valence electrons. The maximum Gasteiger partial charge on any atom is 0.254 e. The van der Waals surface area contributed by atoms with Crippen LogP contribution < -0.4 is 5.32 Å². The minimum atomic E-state index is -3.33. The van der Waals surface area contributed by atoms with Gasteiger partial charge in [-0.05, 0) is 25.0 Å². The summed E-state index contributed by atoms with van der Waals surface area (Å²) in [6.07, 6.45) is 6.09. The predicted molar refractivity (Wildman–Crippen MR) is 87.2 cm³/mol. The summed E-state index contributed by atoms with van der Waals surface area (Å²) in [5, 5.41) is 2.60. The first-order chi connectivity index (χ1) is 10.9. The molecule has 0 aliphatic heterocycles. The lowest BCUT2D eigenvalue weighted by Crippen LogP contribution is -2.45. The van der Waals surface area contributed by atoms with Crippen molar-refractivity contribution in [1.82, 2.24) is 9.62 Å². The molecule has 1 saturated carbocycles. The normalized spacial score (nSPS) is 16.5. The molecular formula is C16H23FN2O3S. The first kappa shape index (κ1) is 17.9. The van der Waals surface area contributed by atoms with Gasteiger partial charge in [-0.3, -0.25) is 4.79 Å². The van der Waals surface area contributed by atoms with Crippen LogP contribution in [-0.2, 0) is 10.0 Å². The Balaban J connectivity index is 1.94. The van der Waals surface area contributed by atoms with Crippen molar-refractivity contribution in [1.29, 1.82) is 0 Å². The highest BCUT2D eigenvalue weighted by molar-refractivity contribution is 7.88. The molecule has 1 aliphatic rings. The lowest BCUT2D eigenvalue weighted by molar-refractivity contribution is 0.0945. The van der Waals surface area contributed by atoms with Crippen molar-refractivity contribution in [2.45, 2.75) is 38.1 Å². The number of hydrogen-bond acceptors (Lipinski definition) is 3. The molecule has 0 heterocycles. The molecule has 2 rings (SSSR count). The van der Waals surface area contributed by atoms with E-state index < -0.39 is 21.7 Å². The number of nitrogens with zero attached hydrogens (tertiary/aromatic N) is 1. The maximum atomic E-state index is 13.5. The number of carbonyl (C=O) groups excluding carboxylic acids is 1. The van der Waals surface area contributed by atoms with Crippen molar-refractivity contribution in [2.24, 2.45) is 0 Å². The largest absolute Gasteiger partial charge is 0.351 e. The number of rotatable bonds is 6. The van der Waals surface area contributed by atoms with Crippen LogP contribution in [0, 0.1) is 5.82 Å². The third-order valence-electron chi connectivity index (χ3n) is 4.14. The molecular weight excluding hydrogens is 319 g/mol. The molecule has 0 aromatic heterocycles. The molecule has 1 amide bonds. The highest BCUT2D eigenvalue weighted by Gasteiger charge is 2.27. The number of benzene rings is 1. The van der Waals surface area contributed by atoms with E-state index in [1.165, 1.54) is 28.8 Å². The summed E-state index contributed by atoms with van der Waals surface area (Å²) in [6.45, 7) is 0.375. The van der Waals surface area contributed by atoms with E-state index in [0.717, 1.165) is 32.1 Å². The summed E-state index contributed by atoms with van der Waals surface area (Å²) in [4.78, 5) is 12.0. The third kappa shape index (κ3) is 5.00. The van der Waals surface area contributed by atoms with Gasteiger partial charge in [-0.2, -0.15) is 4.31 Å². The Labute approximate surface area is 136 Å². The van der Waals surface area contributed by atoms with Crippen LogP contribution in [0.5, 0.6) is 0 Å². The summed E-state index contributed by atoms with van der Waals surface area (Å²) in [5.74, 6) is -1.11. The second-order valence-corrected chi connectivity index (χ2v) is 7.84. The molecule has 0 unspecified atom stereocenters. The molecule has 23 heavy (non-hydrogen) atoms. The van der Waals surface area contributed by atoms with Crippen LogP contribution in [-0.4, -0.2) is 44.0 Å². The van der Waals surface area contributed by atoms with Crippen LogP contribution in [0.15, 0.2) is 24.3 Å². The molecule has 0 spiro atoms. The van der Waals surface area contributed by atoms with Gasteiger partial charge in [0.25, 0.3) is 5.91 Å². The highest BCUT2D eigenvalue weighted by Crippen LogP contribution is 2.24. The molecule has 1 aromatic rings. The molecule has 0 saturated heterocycles. The monoisotopic (exact) mass is 342 g/mol. The fourth-order valence-electron chi connectivity index (χ4n) is 3.01. The van der Waals surface area contributed by atoms with Gasteiger partial charge in [0.2, 0.25) is 10.0 Å². The number of carbonyl (C=O) groups is 1. The van der Waals surface area contributed by atoms with Gasteiger partial charge in [0.1, 0.15) is 5.82 Å². The van der Waals surface area contributed by atoms with Crippen LogP contribution in [0.25, 0.3) is 0 Å². The number of amides is 1. The standard InChI is InChI=1S/C16H23FN2O3S/c1-23(21,22)19(13-7-3-2-4-8-13)12-11-18-16(20)14-9-5-6-10-15(14)17/h5-6,9-10,13H,2-4,7-8,11-12H2,1H3,(H,18,20). The molecule has 1 aromatic carbocycles.